The number of halogens is 1. The van der Waals surface area contributed by atoms with Crippen molar-refractivity contribution < 1.29 is 4.79 Å². The third-order valence-corrected chi connectivity index (χ3v) is 2.94. The molecule has 1 aromatic carbocycles. The molecule has 0 aliphatic carbocycles. The summed E-state index contributed by atoms with van der Waals surface area (Å²) in [5, 5.41) is 3.83. The Hall–Kier alpha value is -1.28. The van der Waals surface area contributed by atoms with E-state index in [1.807, 2.05) is 19.9 Å². The molecule has 3 heteroatoms. The van der Waals surface area contributed by atoms with Crippen molar-refractivity contribution in [3.63, 3.8) is 0 Å². The van der Waals surface area contributed by atoms with E-state index in [1.165, 1.54) is 0 Å². The molecule has 0 spiro atoms. The zero-order chi connectivity index (χ0) is 11.2. The number of hydrogen-bond donors (Lipinski definition) is 1. The number of carbonyl (C=O) groups excluding carboxylic acids is 1. The van der Waals surface area contributed by atoms with Crippen molar-refractivity contribution in [3.05, 3.63) is 40.9 Å². The minimum atomic E-state index is -0.391. The second-order valence-electron chi connectivity index (χ2n) is 4.25. The van der Waals surface area contributed by atoms with Gasteiger partial charge in [0.15, 0.2) is 5.78 Å². The fourth-order valence-electron chi connectivity index (χ4n) is 1.67. The molecule has 0 radical (unpaired) electrons. The molecule has 2 rings (SSSR count). The van der Waals surface area contributed by atoms with Crippen molar-refractivity contribution in [3.8, 4) is 0 Å². The van der Waals surface area contributed by atoms with Crippen LogP contribution in [0.4, 0.5) is 5.69 Å². The van der Waals surface area contributed by atoms with Crippen LogP contribution in [0.1, 0.15) is 24.2 Å². The van der Waals surface area contributed by atoms with Crippen molar-refractivity contribution in [2.45, 2.75) is 19.4 Å². The molecule has 0 bridgehead atoms. The van der Waals surface area contributed by atoms with Gasteiger partial charge in [0.2, 0.25) is 0 Å². The van der Waals surface area contributed by atoms with Gasteiger partial charge in [0.25, 0.3) is 0 Å². The van der Waals surface area contributed by atoms with Crippen LogP contribution >= 0.6 is 11.6 Å². The van der Waals surface area contributed by atoms with Crippen molar-refractivity contribution in [2.75, 3.05) is 5.32 Å². The molecule has 1 aromatic rings. The predicted molar refractivity (Wildman–Crippen MR) is 62.6 cm³/mol. The first-order valence-electron chi connectivity index (χ1n) is 4.73. The zero-order valence-electron chi connectivity index (χ0n) is 8.73. The first kappa shape index (κ1) is 10.2. The van der Waals surface area contributed by atoms with Gasteiger partial charge in [-0.15, -0.1) is 0 Å². The lowest BCUT2D eigenvalue weighted by molar-refractivity contribution is 0.102. The van der Waals surface area contributed by atoms with Crippen LogP contribution in [0, 0.1) is 0 Å². The summed E-state index contributed by atoms with van der Waals surface area (Å²) in [7, 11) is 0. The van der Waals surface area contributed by atoms with Gasteiger partial charge in [-0.05, 0) is 32.0 Å². The summed E-state index contributed by atoms with van der Waals surface area (Å²) in [5.74, 6) is -0.0312. The molecule has 0 aromatic heterocycles. The van der Waals surface area contributed by atoms with Crippen LogP contribution in [0.15, 0.2) is 30.4 Å². The maximum absolute atomic E-state index is 12.0. The standard InChI is InChI=1S/C12H12ClNO/c1-7-11(15)9-6-8(13)4-5-10(9)14-12(7,2)3/h4-6,14H,1H2,2-3H3. The van der Waals surface area contributed by atoms with Crippen molar-refractivity contribution >= 4 is 23.1 Å². The number of anilines is 1. The summed E-state index contributed by atoms with van der Waals surface area (Å²) in [4.78, 5) is 12.0. The molecular formula is C12H12ClNO. The molecule has 1 heterocycles. The minimum absolute atomic E-state index is 0.0312. The second kappa shape index (κ2) is 3.11. The predicted octanol–water partition coefficient (Wildman–Crippen LogP) is 3.28. The van der Waals surface area contributed by atoms with Gasteiger partial charge in [-0.3, -0.25) is 4.79 Å². The van der Waals surface area contributed by atoms with Crippen LogP contribution in [0.2, 0.25) is 5.02 Å². The summed E-state index contributed by atoms with van der Waals surface area (Å²) in [6.45, 7) is 7.69. The molecule has 0 atom stereocenters. The van der Waals surface area contributed by atoms with Crippen LogP contribution in [0.25, 0.3) is 0 Å². The van der Waals surface area contributed by atoms with E-state index in [1.54, 1.807) is 12.1 Å². The average Bonchev–Trinajstić information content (AvgIpc) is 2.16. The Morgan fingerprint density at radius 1 is 1.40 bits per heavy atom. The Balaban J connectivity index is 2.60. The first-order chi connectivity index (χ1) is 6.92. The summed E-state index contributed by atoms with van der Waals surface area (Å²) in [6, 6.07) is 5.27. The molecule has 0 amide bonds. The van der Waals surface area contributed by atoms with Crippen LogP contribution in [-0.4, -0.2) is 11.3 Å². The largest absolute Gasteiger partial charge is 0.375 e. The lowest BCUT2D eigenvalue weighted by Gasteiger charge is -2.34. The number of rotatable bonds is 0. The van der Waals surface area contributed by atoms with E-state index >= 15 is 0 Å². The maximum atomic E-state index is 12.0. The Morgan fingerprint density at radius 2 is 2.07 bits per heavy atom. The quantitative estimate of drug-likeness (QED) is 0.682. The van der Waals surface area contributed by atoms with Crippen LogP contribution < -0.4 is 5.32 Å². The van der Waals surface area contributed by atoms with Crippen LogP contribution in [-0.2, 0) is 0 Å². The van der Waals surface area contributed by atoms with Gasteiger partial charge in [-0.2, -0.15) is 0 Å². The van der Waals surface area contributed by atoms with Crippen molar-refractivity contribution in [2.24, 2.45) is 0 Å². The average molecular weight is 222 g/mol. The summed E-state index contributed by atoms with van der Waals surface area (Å²) in [6.07, 6.45) is 0. The Labute approximate surface area is 93.9 Å². The second-order valence-corrected chi connectivity index (χ2v) is 4.68. The number of fused-ring (bicyclic) bond motifs is 1. The normalized spacial score (nSPS) is 18.3. The fourth-order valence-corrected chi connectivity index (χ4v) is 1.84. The molecule has 2 nitrogen and oxygen atoms in total. The van der Waals surface area contributed by atoms with Crippen LogP contribution in [0.5, 0.6) is 0 Å². The van der Waals surface area contributed by atoms with E-state index in [2.05, 4.69) is 11.9 Å². The number of benzene rings is 1. The Bertz CT molecular complexity index is 463. The van der Waals surface area contributed by atoms with E-state index < -0.39 is 5.54 Å². The summed E-state index contributed by atoms with van der Waals surface area (Å²) < 4.78 is 0. The third-order valence-electron chi connectivity index (χ3n) is 2.70. The number of nitrogens with one attached hydrogen (secondary N) is 1. The van der Waals surface area contributed by atoms with Gasteiger partial charge < -0.3 is 5.32 Å². The van der Waals surface area contributed by atoms with Gasteiger partial charge in [0.1, 0.15) is 0 Å². The SMILES string of the molecule is C=C1C(=O)c2cc(Cl)ccc2NC1(C)C. The van der Waals surface area contributed by atoms with E-state index in [4.69, 9.17) is 11.6 Å². The maximum Gasteiger partial charge on any atom is 0.192 e. The fraction of sp³-hybridized carbons (Fsp3) is 0.250. The molecule has 15 heavy (non-hydrogen) atoms. The number of ketones is 1. The molecule has 0 saturated heterocycles. The third kappa shape index (κ3) is 1.55. The van der Waals surface area contributed by atoms with Gasteiger partial charge >= 0.3 is 0 Å². The number of carbonyl (C=O) groups is 1. The van der Waals surface area contributed by atoms with Crippen molar-refractivity contribution in [1.29, 1.82) is 0 Å². The van der Waals surface area contributed by atoms with Gasteiger partial charge in [-0.1, -0.05) is 18.2 Å². The van der Waals surface area contributed by atoms with E-state index in [0.29, 0.717) is 16.2 Å². The summed E-state index contributed by atoms with van der Waals surface area (Å²) in [5.41, 5.74) is 1.60. The van der Waals surface area contributed by atoms with Gasteiger partial charge in [0, 0.05) is 21.8 Å². The Morgan fingerprint density at radius 3 is 2.73 bits per heavy atom. The van der Waals surface area contributed by atoms with Gasteiger partial charge in [-0.25, -0.2) is 0 Å². The monoisotopic (exact) mass is 221 g/mol. The smallest absolute Gasteiger partial charge is 0.192 e. The molecule has 0 unspecified atom stereocenters. The topological polar surface area (TPSA) is 29.1 Å². The van der Waals surface area contributed by atoms with Gasteiger partial charge in [0.05, 0.1) is 5.54 Å². The molecule has 1 aliphatic rings. The van der Waals surface area contributed by atoms with Crippen molar-refractivity contribution in [1.82, 2.24) is 0 Å². The Kier molecular flexibility index (Phi) is 2.12. The number of hydrogen-bond acceptors (Lipinski definition) is 2. The highest BCUT2D eigenvalue weighted by atomic mass is 35.5. The van der Waals surface area contributed by atoms with Crippen LogP contribution in [0.3, 0.4) is 0 Å². The molecule has 1 N–H and O–H groups in total. The molecule has 0 saturated carbocycles. The van der Waals surface area contributed by atoms with E-state index in [0.717, 1.165) is 5.69 Å². The highest BCUT2D eigenvalue weighted by Crippen LogP contribution is 2.34. The lowest BCUT2D eigenvalue weighted by Crippen LogP contribution is -2.40. The minimum Gasteiger partial charge on any atom is -0.375 e. The zero-order valence-corrected chi connectivity index (χ0v) is 9.48. The highest BCUT2D eigenvalue weighted by Gasteiger charge is 2.34. The first-order valence-corrected chi connectivity index (χ1v) is 5.11. The highest BCUT2D eigenvalue weighted by molar-refractivity contribution is 6.31. The van der Waals surface area contributed by atoms with E-state index in [9.17, 15) is 4.79 Å². The summed E-state index contributed by atoms with van der Waals surface area (Å²) >= 11 is 5.85. The molecular weight excluding hydrogens is 210 g/mol. The molecule has 0 fully saturated rings. The molecule has 78 valence electrons. The molecule has 1 aliphatic heterocycles. The lowest BCUT2D eigenvalue weighted by atomic mass is 9.84. The number of Topliss-reactive ketones (excluding diaryl/α,β-unsaturated/α-hetero) is 1. The van der Waals surface area contributed by atoms with E-state index in [-0.39, 0.29) is 5.78 Å².